The van der Waals surface area contributed by atoms with E-state index in [1.807, 2.05) is 26.0 Å². The lowest BCUT2D eigenvalue weighted by atomic mass is 9.98. The zero-order valence-corrected chi connectivity index (χ0v) is 40.4. The molecule has 1 aromatic heterocycles. The topological polar surface area (TPSA) is 281 Å². The van der Waals surface area contributed by atoms with Gasteiger partial charge in [0.1, 0.15) is 22.7 Å². The average molecular weight is 979 g/mol. The van der Waals surface area contributed by atoms with Gasteiger partial charge in [0.2, 0.25) is 5.88 Å². The molecule has 7 aromatic carbocycles. The number of aromatic nitrogens is 2. The van der Waals surface area contributed by atoms with Crippen molar-refractivity contribution >= 4 is 99.9 Å². The van der Waals surface area contributed by atoms with Crippen molar-refractivity contribution in [1.82, 2.24) is 9.78 Å². The maximum Gasteiger partial charge on any atom is 0.269 e. The highest BCUT2D eigenvalue weighted by molar-refractivity contribution is 7.90. The highest BCUT2D eigenvalue weighted by Crippen LogP contribution is 2.47. The Bertz CT molecular complexity index is 3730. The molecule has 0 saturated carbocycles. The van der Waals surface area contributed by atoms with Crippen LogP contribution in [0.5, 0.6) is 17.4 Å². The highest BCUT2D eigenvalue weighted by Gasteiger charge is 2.21. The lowest BCUT2D eigenvalue weighted by molar-refractivity contribution is -0.384. The molecule has 0 radical (unpaired) electrons. The molecule has 0 fully saturated rings. The number of anilines is 1. The van der Waals surface area contributed by atoms with Crippen molar-refractivity contribution in [3.8, 4) is 23.1 Å². The van der Waals surface area contributed by atoms with Crippen molar-refractivity contribution in [2.75, 3.05) is 12.0 Å². The lowest BCUT2D eigenvalue weighted by Gasteiger charge is -2.14. The second kappa shape index (κ2) is 18.5. The summed E-state index contributed by atoms with van der Waals surface area (Å²) in [7, 11) is -3.41. The van der Waals surface area contributed by atoms with Gasteiger partial charge in [-0.05, 0) is 165 Å². The molecular formula is C49H43ClN12O7S. The predicted molar refractivity (Wildman–Crippen MR) is 268 cm³/mol. The van der Waals surface area contributed by atoms with Crippen LogP contribution in [0.3, 0.4) is 0 Å². The van der Waals surface area contributed by atoms with E-state index in [2.05, 4.69) is 46.0 Å². The Balaban J connectivity index is 1.03. The summed E-state index contributed by atoms with van der Waals surface area (Å²) in [6.07, 6.45) is 1.11. The minimum absolute atomic E-state index is 0.0698. The van der Waals surface area contributed by atoms with Gasteiger partial charge in [0.25, 0.3) is 5.69 Å². The van der Waals surface area contributed by atoms with Gasteiger partial charge in [-0.2, -0.15) is 25.1 Å². The third-order valence-electron chi connectivity index (χ3n) is 11.7. The number of nitro groups is 1. The Morgan fingerprint density at radius 3 is 1.86 bits per heavy atom. The minimum Gasteiger partial charge on any atom is -0.505 e. The average Bonchev–Trinajstić information content (AvgIpc) is 3.58. The minimum atomic E-state index is -3.41. The van der Waals surface area contributed by atoms with Gasteiger partial charge in [-0.15, -0.1) is 25.6 Å². The summed E-state index contributed by atoms with van der Waals surface area (Å²) in [5.74, 6) is -0.603. The van der Waals surface area contributed by atoms with Gasteiger partial charge in [-0.1, -0.05) is 11.6 Å². The van der Waals surface area contributed by atoms with E-state index in [0.717, 1.165) is 11.8 Å². The van der Waals surface area contributed by atoms with E-state index in [0.29, 0.717) is 89.2 Å². The fourth-order valence-corrected chi connectivity index (χ4v) is 8.77. The van der Waals surface area contributed by atoms with Gasteiger partial charge >= 0.3 is 0 Å². The molecule has 0 atom stereocenters. The molecule has 0 spiro atoms. The van der Waals surface area contributed by atoms with Crippen LogP contribution in [0.1, 0.15) is 39.1 Å². The number of nitrogen functional groups attached to an aromatic ring is 1. The Labute approximate surface area is 405 Å². The Kier molecular flexibility index (Phi) is 12.7. The molecule has 0 aliphatic carbocycles. The zero-order valence-electron chi connectivity index (χ0n) is 38.8. The van der Waals surface area contributed by atoms with Crippen molar-refractivity contribution in [3.63, 3.8) is 0 Å². The Morgan fingerprint density at radius 2 is 1.20 bits per heavy atom. The van der Waals surface area contributed by atoms with Crippen LogP contribution >= 0.6 is 11.6 Å². The molecule has 0 aliphatic rings. The zero-order chi connectivity index (χ0) is 50.5. The molecule has 0 bridgehead atoms. The van der Waals surface area contributed by atoms with E-state index in [1.54, 1.807) is 65.0 Å². The maximum atomic E-state index is 11.9. The summed E-state index contributed by atoms with van der Waals surface area (Å²) in [5.41, 5.74) is 13.8. The second-order valence-electron chi connectivity index (χ2n) is 16.7. The van der Waals surface area contributed by atoms with Crippen molar-refractivity contribution < 1.29 is 28.7 Å². The summed E-state index contributed by atoms with van der Waals surface area (Å²) in [6, 6.07) is 22.2. The number of halogens is 1. The lowest BCUT2D eigenvalue weighted by Crippen LogP contribution is -1.99. The summed E-state index contributed by atoms with van der Waals surface area (Å²) < 4.78 is 25.0. The quantitative estimate of drug-likeness (QED) is 0.0414. The van der Waals surface area contributed by atoms with Crippen LogP contribution < -0.4 is 5.73 Å². The summed E-state index contributed by atoms with van der Waals surface area (Å²) >= 11 is 6.67. The molecule has 354 valence electrons. The molecule has 70 heavy (non-hydrogen) atoms. The van der Waals surface area contributed by atoms with E-state index in [9.17, 15) is 33.9 Å². The van der Waals surface area contributed by atoms with E-state index < -0.39 is 14.8 Å². The number of nitro benzene ring substituents is 1. The molecule has 21 heteroatoms. The van der Waals surface area contributed by atoms with Crippen molar-refractivity contribution in [3.05, 3.63) is 139 Å². The number of nitrogens with two attached hydrogens (primary N) is 1. The number of hydrogen-bond donors (Lipinski definition) is 4. The number of nitrogens with zero attached hydrogens (tertiary/aromatic N) is 11. The van der Waals surface area contributed by atoms with Crippen LogP contribution in [-0.2, 0) is 9.84 Å². The van der Waals surface area contributed by atoms with Crippen LogP contribution in [0.2, 0.25) is 5.02 Å². The van der Waals surface area contributed by atoms with Crippen LogP contribution in [-0.4, -0.2) is 44.7 Å². The fourth-order valence-electron chi connectivity index (χ4n) is 7.84. The van der Waals surface area contributed by atoms with Crippen LogP contribution in [0, 0.1) is 58.6 Å². The number of sulfone groups is 1. The largest absolute Gasteiger partial charge is 0.505 e. The molecule has 5 N–H and O–H groups in total. The number of benzene rings is 7. The first kappa shape index (κ1) is 48.0. The maximum absolute atomic E-state index is 11.9. The fraction of sp³-hybridized carbons (Fsp3) is 0.163. The van der Waals surface area contributed by atoms with Crippen molar-refractivity contribution in [2.45, 2.75) is 53.4 Å². The van der Waals surface area contributed by atoms with Gasteiger partial charge < -0.3 is 21.1 Å². The SMILES string of the molecule is Cc1cc([N+](=O)[O-])ccc1/N=N/c1c(C)cc2c(C)cc(/N=N/c3ccc4c(O)c(/N=N/c5cc(C)c(/N=N/c6c(C)nn(-c7ccc(S(C)(=O)=O)cc7)c6O)c(Cl)c5)c(C)cc4c3C)c(N)c2c1O. The monoisotopic (exact) mass is 978 g/mol. The number of phenols is 2. The van der Waals surface area contributed by atoms with E-state index in [1.165, 1.54) is 47.1 Å². The smallest absolute Gasteiger partial charge is 0.269 e. The Hall–Kier alpha value is -8.49. The summed E-state index contributed by atoms with van der Waals surface area (Å²) in [5, 5.41) is 87.0. The standard InChI is InChI=1S/C49H43ClN12O7S/c1-23-21-40(42(51)41-35(23)19-26(4)45(48(41)64)58-53-38-15-11-32(62(66)67)18-24(38)2)55-54-39-16-14-34-36(28(39)6)20-27(5)44(47(34)63)57-52-30-17-25(3)43(37(50)22-30)56-59-46-29(7)60-61(49(46)65)31-9-12-33(13-10-31)70(8,68)69/h9-22,63-65H,51H2,1-8H3/b55-54+,57-52+,58-53+,59-56+. The number of azo groups is 4. The highest BCUT2D eigenvalue weighted by atomic mass is 35.5. The van der Waals surface area contributed by atoms with Gasteiger partial charge in [-0.3, -0.25) is 10.1 Å². The van der Waals surface area contributed by atoms with Crippen LogP contribution in [0.4, 0.5) is 56.9 Å². The molecule has 0 saturated heterocycles. The van der Waals surface area contributed by atoms with Crippen molar-refractivity contribution in [2.24, 2.45) is 40.9 Å². The number of rotatable bonds is 11. The van der Waals surface area contributed by atoms with Crippen molar-refractivity contribution in [1.29, 1.82) is 0 Å². The number of aryl methyl sites for hydroxylation is 7. The molecule has 8 aromatic rings. The first-order valence-corrected chi connectivity index (χ1v) is 23.5. The molecule has 19 nitrogen and oxygen atoms in total. The van der Waals surface area contributed by atoms with Gasteiger partial charge in [0, 0.05) is 23.8 Å². The molecule has 8 rings (SSSR count). The molecule has 1 heterocycles. The first-order chi connectivity index (χ1) is 33.1. The van der Waals surface area contributed by atoms with Crippen LogP contribution in [0.25, 0.3) is 27.2 Å². The second-order valence-corrected chi connectivity index (χ2v) is 19.1. The van der Waals surface area contributed by atoms with Gasteiger partial charge in [-0.25, -0.2) is 8.42 Å². The number of non-ortho nitro benzene ring substituents is 1. The van der Waals surface area contributed by atoms with Gasteiger partial charge in [0.15, 0.2) is 27.0 Å². The normalized spacial score (nSPS) is 12.3. The molecule has 0 aliphatic heterocycles. The number of phenolic OH excluding ortho intramolecular Hbond substituents is 2. The first-order valence-electron chi connectivity index (χ1n) is 21.2. The third kappa shape index (κ3) is 9.11. The van der Waals surface area contributed by atoms with Crippen LogP contribution in [0.15, 0.2) is 131 Å². The summed E-state index contributed by atoms with van der Waals surface area (Å²) in [6.45, 7) is 12.4. The molecule has 0 unspecified atom stereocenters. The number of fused-ring (bicyclic) bond motifs is 2. The van der Waals surface area contributed by atoms with E-state index in [-0.39, 0.29) is 55.7 Å². The Morgan fingerprint density at radius 1 is 0.614 bits per heavy atom. The molecule has 0 amide bonds. The van der Waals surface area contributed by atoms with E-state index >= 15 is 0 Å². The number of aromatic hydroxyl groups is 3. The van der Waals surface area contributed by atoms with E-state index in [4.69, 9.17) is 17.3 Å². The molecular weight excluding hydrogens is 936 g/mol. The number of hydrogen-bond acceptors (Lipinski definition) is 17. The third-order valence-corrected chi connectivity index (χ3v) is 13.1. The summed E-state index contributed by atoms with van der Waals surface area (Å²) in [4.78, 5) is 10.8. The predicted octanol–water partition coefficient (Wildman–Crippen LogP) is 14.7. The van der Waals surface area contributed by atoms with Gasteiger partial charge in [0.05, 0.1) is 54.4 Å².